The molecule has 7 nitrogen and oxygen atoms in total. The molecule has 0 saturated carbocycles. The molecule has 1 N–H and O–H groups in total. The maximum atomic E-state index is 13.1. The molecular formula is C24H25ClN4O3S. The summed E-state index contributed by atoms with van der Waals surface area (Å²) in [4.78, 5) is 21.1. The van der Waals surface area contributed by atoms with Crippen molar-refractivity contribution in [2.75, 3.05) is 26.2 Å². The highest BCUT2D eigenvalue weighted by Gasteiger charge is 2.25. The van der Waals surface area contributed by atoms with Crippen molar-refractivity contribution in [1.29, 1.82) is 0 Å². The molecule has 1 saturated heterocycles. The molecule has 0 aliphatic carbocycles. The van der Waals surface area contributed by atoms with Crippen molar-refractivity contribution in [1.82, 2.24) is 19.5 Å². The predicted molar refractivity (Wildman–Crippen MR) is 127 cm³/mol. The Balaban J connectivity index is 1.41. The van der Waals surface area contributed by atoms with E-state index in [-0.39, 0.29) is 22.4 Å². The zero-order valence-corrected chi connectivity index (χ0v) is 19.6. The van der Waals surface area contributed by atoms with E-state index in [0.717, 1.165) is 30.8 Å². The van der Waals surface area contributed by atoms with E-state index in [0.29, 0.717) is 18.7 Å². The number of nitrogens with one attached hydrogen (secondary N) is 1. The van der Waals surface area contributed by atoms with Gasteiger partial charge < -0.3 is 4.90 Å². The number of carbonyl (C=O) groups excluding carboxylic acids is 1. The van der Waals surface area contributed by atoms with Crippen LogP contribution in [0.25, 0.3) is 0 Å². The molecule has 1 amide bonds. The van der Waals surface area contributed by atoms with Gasteiger partial charge >= 0.3 is 0 Å². The van der Waals surface area contributed by atoms with Crippen molar-refractivity contribution < 1.29 is 13.2 Å². The van der Waals surface area contributed by atoms with Gasteiger partial charge in [-0.15, -0.1) is 0 Å². The second kappa shape index (κ2) is 10.4. The highest BCUT2D eigenvalue weighted by molar-refractivity contribution is 7.89. The fourth-order valence-corrected chi connectivity index (χ4v) is 5.28. The molecule has 9 heteroatoms. The van der Waals surface area contributed by atoms with Crippen LogP contribution in [-0.4, -0.2) is 55.3 Å². The van der Waals surface area contributed by atoms with Gasteiger partial charge in [0.2, 0.25) is 10.0 Å². The number of pyridine rings is 1. The summed E-state index contributed by atoms with van der Waals surface area (Å²) in [5, 5.41) is 0.0772. The molecule has 0 spiro atoms. The number of amides is 1. The third kappa shape index (κ3) is 5.97. The maximum absolute atomic E-state index is 13.1. The smallest absolute Gasteiger partial charge is 0.253 e. The Morgan fingerprint density at radius 1 is 0.970 bits per heavy atom. The van der Waals surface area contributed by atoms with Crippen molar-refractivity contribution in [3.63, 3.8) is 0 Å². The molecule has 1 aliphatic rings. The fourth-order valence-electron chi connectivity index (χ4n) is 3.74. The Labute approximate surface area is 199 Å². The summed E-state index contributed by atoms with van der Waals surface area (Å²) in [6.07, 6.45) is 3.59. The Morgan fingerprint density at radius 2 is 1.70 bits per heavy atom. The molecule has 33 heavy (non-hydrogen) atoms. The van der Waals surface area contributed by atoms with Crippen molar-refractivity contribution >= 4 is 27.5 Å². The minimum absolute atomic E-state index is 0.0772. The standard InChI is InChI=1S/C24H25ClN4O3S/c25-22-9-8-21(15-23(22)33(31,32)27-17-19-5-2-1-3-6-19)24(30)29-13-11-28(12-14-29)18-20-7-4-10-26-16-20/h1-10,15-16,27H,11-14,17-18H2. The quantitative estimate of drug-likeness (QED) is 0.557. The van der Waals surface area contributed by atoms with Crippen molar-refractivity contribution in [2.45, 2.75) is 18.0 Å². The van der Waals surface area contributed by atoms with Crippen LogP contribution in [0.2, 0.25) is 5.02 Å². The Morgan fingerprint density at radius 3 is 2.39 bits per heavy atom. The Hall–Kier alpha value is -2.78. The van der Waals surface area contributed by atoms with Crippen LogP contribution in [0, 0.1) is 0 Å². The van der Waals surface area contributed by atoms with Crippen LogP contribution in [-0.2, 0) is 23.1 Å². The molecule has 1 aromatic heterocycles. The van der Waals surface area contributed by atoms with E-state index >= 15 is 0 Å². The third-order valence-corrected chi connectivity index (χ3v) is 7.45. The lowest BCUT2D eigenvalue weighted by atomic mass is 10.1. The maximum Gasteiger partial charge on any atom is 0.253 e. The fraction of sp³-hybridized carbons (Fsp3) is 0.250. The molecule has 172 valence electrons. The van der Waals surface area contributed by atoms with Gasteiger partial charge in [0.05, 0.1) is 5.02 Å². The van der Waals surface area contributed by atoms with E-state index in [1.54, 1.807) is 17.2 Å². The first-order valence-corrected chi connectivity index (χ1v) is 12.5. The van der Waals surface area contributed by atoms with Crippen LogP contribution < -0.4 is 4.72 Å². The lowest BCUT2D eigenvalue weighted by Gasteiger charge is -2.34. The second-order valence-electron chi connectivity index (χ2n) is 7.88. The zero-order valence-electron chi connectivity index (χ0n) is 18.0. The van der Waals surface area contributed by atoms with Crippen LogP contribution in [0.4, 0.5) is 0 Å². The molecule has 1 aliphatic heterocycles. The molecular weight excluding hydrogens is 460 g/mol. The first-order valence-electron chi connectivity index (χ1n) is 10.7. The van der Waals surface area contributed by atoms with E-state index in [4.69, 9.17) is 11.6 Å². The summed E-state index contributed by atoms with van der Waals surface area (Å²) >= 11 is 6.19. The van der Waals surface area contributed by atoms with Crippen LogP contribution >= 0.6 is 11.6 Å². The number of benzene rings is 2. The molecule has 2 heterocycles. The van der Waals surface area contributed by atoms with Crippen molar-refractivity contribution in [3.05, 3.63) is 94.8 Å². The van der Waals surface area contributed by atoms with Gasteiger partial charge in [-0.1, -0.05) is 48.0 Å². The van der Waals surface area contributed by atoms with Crippen LogP contribution in [0.3, 0.4) is 0 Å². The number of sulfonamides is 1. The largest absolute Gasteiger partial charge is 0.336 e. The van der Waals surface area contributed by atoms with E-state index in [9.17, 15) is 13.2 Å². The molecule has 0 unspecified atom stereocenters. The highest BCUT2D eigenvalue weighted by atomic mass is 35.5. The van der Waals surface area contributed by atoms with Gasteiger partial charge in [-0.05, 0) is 35.4 Å². The lowest BCUT2D eigenvalue weighted by Crippen LogP contribution is -2.48. The summed E-state index contributed by atoms with van der Waals surface area (Å²) in [7, 11) is -3.89. The van der Waals surface area contributed by atoms with Gasteiger partial charge in [0.15, 0.2) is 0 Å². The molecule has 3 aromatic rings. The average Bonchev–Trinajstić information content (AvgIpc) is 2.84. The second-order valence-corrected chi connectivity index (χ2v) is 10.0. The first kappa shape index (κ1) is 23.4. The highest BCUT2D eigenvalue weighted by Crippen LogP contribution is 2.24. The minimum Gasteiger partial charge on any atom is -0.336 e. The van der Waals surface area contributed by atoms with Crippen LogP contribution in [0.1, 0.15) is 21.5 Å². The van der Waals surface area contributed by atoms with E-state index < -0.39 is 10.0 Å². The minimum atomic E-state index is -3.89. The third-order valence-electron chi connectivity index (χ3n) is 5.57. The van der Waals surface area contributed by atoms with Gasteiger partial charge in [0.25, 0.3) is 5.91 Å². The normalized spacial score (nSPS) is 14.9. The summed E-state index contributed by atoms with van der Waals surface area (Å²) in [6, 6.07) is 17.5. The lowest BCUT2D eigenvalue weighted by molar-refractivity contribution is 0.0628. The molecule has 0 radical (unpaired) electrons. The molecule has 0 atom stereocenters. The van der Waals surface area contributed by atoms with Gasteiger partial charge in [0, 0.05) is 57.2 Å². The number of halogens is 1. The van der Waals surface area contributed by atoms with Crippen LogP contribution in [0.5, 0.6) is 0 Å². The van der Waals surface area contributed by atoms with Gasteiger partial charge in [-0.3, -0.25) is 14.7 Å². The number of carbonyl (C=O) groups is 1. The number of hydrogen-bond acceptors (Lipinski definition) is 5. The summed E-state index contributed by atoms with van der Waals surface area (Å²) in [5.41, 5.74) is 2.27. The number of hydrogen-bond donors (Lipinski definition) is 1. The zero-order chi connectivity index (χ0) is 23.3. The Kier molecular flexibility index (Phi) is 7.39. The first-order chi connectivity index (χ1) is 15.9. The topological polar surface area (TPSA) is 82.6 Å². The number of nitrogens with zero attached hydrogens (tertiary/aromatic N) is 3. The van der Waals surface area contributed by atoms with Gasteiger partial charge in [-0.25, -0.2) is 13.1 Å². The molecule has 1 fully saturated rings. The number of rotatable bonds is 7. The van der Waals surface area contributed by atoms with Gasteiger partial charge in [0.1, 0.15) is 4.90 Å². The summed E-state index contributed by atoms with van der Waals surface area (Å²) in [6.45, 7) is 3.52. The average molecular weight is 485 g/mol. The summed E-state index contributed by atoms with van der Waals surface area (Å²) < 4.78 is 28.3. The monoisotopic (exact) mass is 484 g/mol. The molecule has 2 aromatic carbocycles. The molecule has 0 bridgehead atoms. The van der Waals surface area contributed by atoms with E-state index in [1.807, 2.05) is 48.7 Å². The van der Waals surface area contributed by atoms with E-state index in [2.05, 4.69) is 14.6 Å². The molecule has 4 rings (SSSR count). The number of aromatic nitrogens is 1. The SMILES string of the molecule is O=C(c1ccc(Cl)c(S(=O)(=O)NCc2ccccc2)c1)N1CCN(Cc2cccnc2)CC1. The van der Waals surface area contributed by atoms with Gasteiger partial charge in [-0.2, -0.15) is 0 Å². The van der Waals surface area contributed by atoms with Crippen LogP contribution in [0.15, 0.2) is 78.0 Å². The van der Waals surface area contributed by atoms with E-state index in [1.165, 1.54) is 12.1 Å². The van der Waals surface area contributed by atoms with Crippen molar-refractivity contribution in [2.24, 2.45) is 0 Å². The predicted octanol–water partition coefficient (Wildman–Crippen LogP) is 3.17. The number of piperazine rings is 1. The van der Waals surface area contributed by atoms with Crippen molar-refractivity contribution in [3.8, 4) is 0 Å². The Bertz CT molecular complexity index is 1200. The summed E-state index contributed by atoms with van der Waals surface area (Å²) in [5.74, 6) is -0.202.